The topological polar surface area (TPSA) is 95.9 Å². The molecular formula is C8H18N2O5S. The van der Waals surface area contributed by atoms with E-state index >= 15 is 0 Å². The molecule has 0 fully saturated rings. The first kappa shape index (κ1) is 15.3. The first-order valence-corrected chi connectivity index (χ1v) is 6.26. The van der Waals surface area contributed by atoms with Crippen LogP contribution in [0, 0.1) is 0 Å². The molecule has 0 unspecified atom stereocenters. The average Bonchev–Trinajstić information content (AvgIpc) is 2.20. The molecule has 0 atom stereocenters. The second kappa shape index (κ2) is 7.55. The minimum atomic E-state index is -3.57. The minimum absolute atomic E-state index is 0.0467. The number of nitrogens with zero attached hydrogens (tertiary/aromatic N) is 1. The molecular weight excluding hydrogens is 236 g/mol. The number of carbonyl (C=O) groups is 1. The fraction of sp³-hybridized carbons (Fsp3) is 0.875. The van der Waals surface area contributed by atoms with Crippen molar-refractivity contribution in [2.45, 2.75) is 12.8 Å². The lowest BCUT2D eigenvalue weighted by Crippen LogP contribution is -2.39. The highest BCUT2D eigenvalue weighted by Crippen LogP contribution is 1.96. The van der Waals surface area contributed by atoms with Crippen LogP contribution in [0.1, 0.15) is 12.8 Å². The molecule has 0 aliphatic heterocycles. The van der Waals surface area contributed by atoms with Crippen molar-refractivity contribution in [2.75, 3.05) is 33.9 Å². The zero-order valence-corrected chi connectivity index (χ0v) is 10.3. The molecule has 0 rings (SSSR count). The summed E-state index contributed by atoms with van der Waals surface area (Å²) < 4.78 is 31.1. The third-order valence-corrected chi connectivity index (χ3v) is 3.43. The van der Waals surface area contributed by atoms with Crippen molar-refractivity contribution < 1.29 is 23.1 Å². The van der Waals surface area contributed by atoms with E-state index in [1.165, 1.54) is 14.2 Å². The molecule has 7 nitrogen and oxygen atoms in total. The summed E-state index contributed by atoms with van der Waals surface area (Å²) >= 11 is 0. The summed E-state index contributed by atoms with van der Waals surface area (Å²) in [6, 6.07) is 0. The van der Waals surface area contributed by atoms with E-state index < -0.39 is 16.2 Å². The van der Waals surface area contributed by atoms with Crippen LogP contribution in [0.5, 0.6) is 0 Å². The van der Waals surface area contributed by atoms with Crippen molar-refractivity contribution in [3.05, 3.63) is 0 Å². The Morgan fingerprint density at radius 3 is 2.62 bits per heavy atom. The van der Waals surface area contributed by atoms with Gasteiger partial charge in [-0.15, -0.1) is 0 Å². The number of nitrogens with one attached hydrogen (secondary N) is 1. The maximum Gasteiger partial charge on any atom is 0.304 e. The van der Waals surface area contributed by atoms with Crippen LogP contribution in [0.15, 0.2) is 0 Å². The molecule has 0 saturated carbocycles. The molecule has 16 heavy (non-hydrogen) atoms. The van der Waals surface area contributed by atoms with Crippen molar-refractivity contribution in [3.63, 3.8) is 0 Å². The summed E-state index contributed by atoms with van der Waals surface area (Å²) in [5.41, 5.74) is 0. The van der Waals surface area contributed by atoms with E-state index in [-0.39, 0.29) is 19.5 Å². The molecule has 2 N–H and O–H groups in total. The Kier molecular flexibility index (Phi) is 7.22. The normalized spacial score (nSPS) is 11.9. The van der Waals surface area contributed by atoms with Crippen LogP contribution in [0.3, 0.4) is 0 Å². The van der Waals surface area contributed by atoms with Crippen molar-refractivity contribution in [1.29, 1.82) is 0 Å². The van der Waals surface area contributed by atoms with Gasteiger partial charge in [-0.1, -0.05) is 0 Å². The van der Waals surface area contributed by atoms with Crippen LogP contribution in [-0.4, -0.2) is 57.7 Å². The number of ether oxygens (including phenoxy) is 1. The molecule has 0 aromatic carbocycles. The van der Waals surface area contributed by atoms with E-state index in [4.69, 9.17) is 9.84 Å². The van der Waals surface area contributed by atoms with Crippen molar-refractivity contribution in [1.82, 2.24) is 9.03 Å². The minimum Gasteiger partial charge on any atom is -0.481 e. The number of hydrogen-bond acceptors (Lipinski definition) is 4. The molecule has 0 aromatic rings. The number of hydrogen-bond donors (Lipinski definition) is 2. The lowest BCUT2D eigenvalue weighted by atomic mass is 10.4. The molecule has 0 aromatic heterocycles. The predicted molar refractivity (Wildman–Crippen MR) is 58.3 cm³/mol. The zero-order valence-electron chi connectivity index (χ0n) is 9.47. The van der Waals surface area contributed by atoms with Gasteiger partial charge in [0.05, 0.1) is 6.42 Å². The number of aliphatic carboxylic acids is 1. The molecule has 0 saturated heterocycles. The number of carboxylic acids is 1. The van der Waals surface area contributed by atoms with Gasteiger partial charge in [0.1, 0.15) is 0 Å². The molecule has 0 spiro atoms. The maximum absolute atomic E-state index is 11.5. The van der Waals surface area contributed by atoms with Crippen LogP contribution in [0.4, 0.5) is 0 Å². The molecule has 0 bridgehead atoms. The second-order valence-electron chi connectivity index (χ2n) is 3.21. The van der Waals surface area contributed by atoms with E-state index in [0.717, 1.165) is 4.31 Å². The van der Waals surface area contributed by atoms with Crippen LogP contribution in [0.25, 0.3) is 0 Å². The van der Waals surface area contributed by atoms with Gasteiger partial charge in [-0.3, -0.25) is 4.79 Å². The summed E-state index contributed by atoms with van der Waals surface area (Å²) in [6.07, 6.45) is 0.359. The standard InChI is InChI=1S/C8H18N2O5S/c1-10(6-4-8(11)12)16(13,14)9-5-3-7-15-2/h9H,3-7H2,1-2H3,(H,11,12). The fourth-order valence-electron chi connectivity index (χ4n) is 0.901. The maximum atomic E-state index is 11.5. The van der Waals surface area contributed by atoms with Gasteiger partial charge in [0, 0.05) is 33.9 Å². The van der Waals surface area contributed by atoms with Gasteiger partial charge in [0.2, 0.25) is 0 Å². The highest BCUT2D eigenvalue weighted by molar-refractivity contribution is 7.87. The summed E-state index contributed by atoms with van der Waals surface area (Å²) in [5, 5.41) is 8.42. The third-order valence-electron chi connectivity index (χ3n) is 1.86. The van der Waals surface area contributed by atoms with Gasteiger partial charge < -0.3 is 9.84 Å². The Morgan fingerprint density at radius 2 is 2.12 bits per heavy atom. The fourth-order valence-corrected chi connectivity index (χ4v) is 1.86. The zero-order chi connectivity index (χ0) is 12.6. The Balaban J connectivity index is 3.96. The lowest BCUT2D eigenvalue weighted by Gasteiger charge is -2.16. The first-order valence-electron chi connectivity index (χ1n) is 4.82. The quantitative estimate of drug-likeness (QED) is 0.528. The van der Waals surface area contributed by atoms with Crippen LogP contribution in [0.2, 0.25) is 0 Å². The number of methoxy groups -OCH3 is 1. The van der Waals surface area contributed by atoms with Gasteiger partial charge in [0.25, 0.3) is 10.2 Å². The Labute approximate surface area is 95.6 Å². The van der Waals surface area contributed by atoms with Crippen molar-refractivity contribution >= 4 is 16.2 Å². The summed E-state index contributed by atoms with van der Waals surface area (Å²) in [7, 11) is -0.702. The smallest absolute Gasteiger partial charge is 0.304 e. The van der Waals surface area contributed by atoms with Gasteiger partial charge in [-0.2, -0.15) is 12.7 Å². The molecule has 0 aliphatic carbocycles. The predicted octanol–water partition coefficient (Wildman–Crippen LogP) is -0.736. The van der Waals surface area contributed by atoms with Gasteiger partial charge in [-0.25, -0.2) is 4.72 Å². The highest BCUT2D eigenvalue weighted by atomic mass is 32.2. The van der Waals surface area contributed by atoms with E-state index in [1.54, 1.807) is 0 Å². The first-order chi connectivity index (χ1) is 7.40. The Morgan fingerprint density at radius 1 is 1.50 bits per heavy atom. The van der Waals surface area contributed by atoms with Crippen LogP contribution < -0.4 is 4.72 Å². The van der Waals surface area contributed by atoms with Crippen LogP contribution in [-0.2, 0) is 19.7 Å². The highest BCUT2D eigenvalue weighted by Gasteiger charge is 2.17. The van der Waals surface area contributed by atoms with Gasteiger partial charge >= 0.3 is 5.97 Å². The van der Waals surface area contributed by atoms with E-state index in [0.29, 0.717) is 13.0 Å². The van der Waals surface area contributed by atoms with Crippen LogP contribution >= 0.6 is 0 Å². The summed E-state index contributed by atoms with van der Waals surface area (Å²) in [5.74, 6) is -1.03. The molecule has 0 amide bonds. The van der Waals surface area contributed by atoms with Gasteiger partial charge in [-0.05, 0) is 6.42 Å². The van der Waals surface area contributed by atoms with Gasteiger partial charge in [0.15, 0.2) is 0 Å². The second-order valence-corrected chi connectivity index (χ2v) is 5.07. The molecule has 0 heterocycles. The van der Waals surface area contributed by atoms with E-state index in [2.05, 4.69) is 4.72 Å². The summed E-state index contributed by atoms with van der Waals surface area (Å²) in [4.78, 5) is 10.3. The molecule has 96 valence electrons. The van der Waals surface area contributed by atoms with E-state index in [1.807, 2.05) is 0 Å². The lowest BCUT2D eigenvalue weighted by molar-refractivity contribution is -0.137. The molecule has 8 heteroatoms. The molecule has 0 radical (unpaired) electrons. The largest absolute Gasteiger partial charge is 0.481 e. The summed E-state index contributed by atoms with van der Waals surface area (Å²) in [6.45, 7) is 0.698. The average molecular weight is 254 g/mol. The SMILES string of the molecule is COCCCNS(=O)(=O)N(C)CCC(=O)O. The monoisotopic (exact) mass is 254 g/mol. The van der Waals surface area contributed by atoms with Crippen molar-refractivity contribution in [3.8, 4) is 0 Å². The Hall–Kier alpha value is -0.700. The molecule has 0 aliphatic rings. The Bertz CT molecular complexity index is 304. The van der Waals surface area contributed by atoms with E-state index in [9.17, 15) is 13.2 Å². The number of carboxylic acid groups (broad SMARTS) is 1. The third kappa shape index (κ3) is 6.72. The number of rotatable bonds is 9. The van der Waals surface area contributed by atoms with Crippen molar-refractivity contribution in [2.24, 2.45) is 0 Å².